The van der Waals surface area contributed by atoms with Gasteiger partial charge in [-0.05, 0) is 62.3 Å². The van der Waals surface area contributed by atoms with Crippen LogP contribution in [0.1, 0.15) is 58.2 Å². The maximum absolute atomic E-state index is 12.4. The number of nitrogens with two attached hydrogens (primary N) is 2. The second-order valence-corrected chi connectivity index (χ2v) is 8.77. The van der Waals surface area contributed by atoms with E-state index in [4.69, 9.17) is 16.2 Å². The number of carbonyl (C=O) groups is 1. The second kappa shape index (κ2) is 8.18. The first kappa shape index (κ1) is 20.7. The smallest absolute Gasteiger partial charge is 0.312 e. The van der Waals surface area contributed by atoms with Crippen molar-refractivity contribution in [1.29, 1.82) is 0 Å². The van der Waals surface area contributed by atoms with Gasteiger partial charge in [0.05, 0.1) is 17.7 Å². The summed E-state index contributed by atoms with van der Waals surface area (Å²) in [6, 6.07) is 3.75. The lowest BCUT2D eigenvalue weighted by Crippen LogP contribution is -2.47. The van der Waals surface area contributed by atoms with Gasteiger partial charge in [0.15, 0.2) is 0 Å². The minimum atomic E-state index is -0.511. The van der Waals surface area contributed by atoms with E-state index in [1.165, 1.54) is 11.1 Å². The summed E-state index contributed by atoms with van der Waals surface area (Å²) >= 11 is 0. The molecule has 5 heteroatoms. The summed E-state index contributed by atoms with van der Waals surface area (Å²) in [6.07, 6.45) is 7.26. The number of pyridine rings is 1. The van der Waals surface area contributed by atoms with Crippen molar-refractivity contribution in [2.75, 3.05) is 6.54 Å². The number of rotatable bonds is 6. The molecule has 4 N–H and O–H groups in total. The molecule has 1 aromatic heterocycles. The molecule has 0 aliphatic heterocycles. The Balaban J connectivity index is 1.79. The van der Waals surface area contributed by atoms with E-state index in [1.54, 1.807) is 6.07 Å². The van der Waals surface area contributed by atoms with Crippen LogP contribution in [0.15, 0.2) is 35.4 Å². The number of esters is 1. The van der Waals surface area contributed by atoms with E-state index in [9.17, 15) is 4.79 Å². The largest absolute Gasteiger partial charge is 0.407 e. The van der Waals surface area contributed by atoms with Crippen molar-refractivity contribution in [3.05, 3.63) is 46.7 Å². The third-order valence-corrected chi connectivity index (χ3v) is 5.92. The van der Waals surface area contributed by atoms with Crippen molar-refractivity contribution < 1.29 is 9.53 Å². The van der Waals surface area contributed by atoms with Crippen molar-refractivity contribution in [3.63, 3.8) is 0 Å². The highest BCUT2D eigenvalue weighted by Gasteiger charge is 2.44. The monoisotopic (exact) mass is 383 g/mol. The Kier molecular flexibility index (Phi) is 6.06. The molecule has 2 aliphatic rings. The molecule has 5 nitrogen and oxygen atoms in total. The molecule has 1 aromatic rings. The van der Waals surface area contributed by atoms with Crippen LogP contribution in [-0.2, 0) is 16.8 Å². The zero-order valence-electron chi connectivity index (χ0n) is 17.5. The van der Waals surface area contributed by atoms with Gasteiger partial charge in [-0.2, -0.15) is 0 Å². The number of aromatic nitrogens is 1. The fraction of sp³-hybridized carbons (Fsp3) is 0.565. The number of nitrogens with zero attached hydrogens (tertiary/aromatic N) is 1. The summed E-state index contributed by atoms with van der Waals surface area (Å²) in [5.41, 5.74) is 16.7. The first-order valence-corrected chi connectivity index (χ1v) is 10.3. The van der Waals surface area contributed by atoms with Gasteiger partial charge in [-0.25, -0.2) is 4.98 Å². The molecule has 0 aromatic carbocycles. The molecule has 2 bridgehead atoms. The third kappa shape index (κ3) is 4.06. The number of ether oxygens (including phenoxy) is 1. The van der Waals surface area contributed by atoms with Crippen LogP contribution in [0.4, 0.5) is 0 Å². The minimum absolute atomic E-state index is 0.141. The lowest BCUT2D eigenvalue weighted by atomic mass is 9.63. The zero-order chi connectivity index (χ0) is 20.5. The number of hydrogen-bond donors (Lipinski definition) is 2. The molecule has 0 radical (unpaired) electrons. The molecule has 2 aliphatic carbocycles. The Hall–Kier alpha value is -1.98. The fourth-order valence-electron chi connectivity index (χ4n) is 4.89. The molecule has 152 valence electrons. The molecule has 1 heterocycles. The fourth-order valence-corrected chi connectivity index (χ4v) is 4.89. The molecular formula is C23H33N3O2. The zero-order valence-corrected chi connectivity index (χ0v) is 17.5. The maximum atomic E-state index is 12.4. The number of fused-ring (bicyclic) bond motifs is 4. The summed E-state index contributed by atoms with van der Waals surface area (Å²) in [4.78, 5) is 17.0. The highest BCUT2D eigenvalue weighted by molar-refractivity contribution is 5.72. The Morgan fingerprint density at radius 2 is 2.18 bits per heavy atom. The predicted molar refractivity (Wildman–Crippen MR) is 112 cm³/mol. The van der Waals surface area contributed by atoms with Crippen LogP contribution in [0.25, 0.3) is 0 Å². The van der Waals surface area contributed by atoms with Crippen LogP contribution in [0, 0.1) is 17.8 Å². The summed E-state index contributed by atoms with van der Waals surface area (Å²) in [6.45, 7) is 8.94. The van der Waals surface area contributed by atoms with Crippen LogP contribution >= 0.6 is 0 Å². The molecule has 0 spiro atoms. The summed E-state index contributed by atoms with van der Waals surface area (Å²) < 4.78 is 5.55. The second-order valence-electron chi connectivity index (χ2n) is 8.77. The van der Waals surface area contributed by atoms with Gasteiger partial charge in [-0.1, -0.05) is 31.6 Å². The van der Waals surface area contributed by atoms with Gasteiger partial charge in [0.25, 0.3) is 0 Å². The predicted octanol–water partition coefficient (Wildman–Crippen LogP) is 3.62. The van der Waals surface area contributed by atoms with E-state index < -0.39 is 5.54 Å². The highest BCUT2D eigenvalue weighted by atomic mass is 16.5. The molecule has 2 unspecified atom stereocenters. The molecule has 0 saturated carbocycles. The topological polar surface area (TPSA) is 91.2 Å². The van der Waals surface area contributed by atoms with Gasteiger partial charge >= 0.3 is 5.97 Å². The SMILES string of the molecule is C/C=C1\C2C=C(C)CC1(N)c1ccc(OC(=O)C[C@@H](CN)CC(C)C)nc1C2. The normalized spacial score (nSPS) is 26.0. The van der Waals surface area contributed by atoms with Gasteiger partial charge in [0.2, 0.25) is 5.88 Å². The number of carbonyl (C=O) groups excluding carboxylic acids is 1. The number of hydrogen-bond acceptors (Lipinski definition) is 5. The van der Waals surface area contributed by atoms with E-state index in [-0.39, 0.29) is 17.8 Å². The van der Waals surface area contributed by atoms with Crippen molar-refractivity contribution >= 4 is 5.97 Å². The van der Waals surface area contributed by atoms with Gasteiger partial charge in [-0.15, -0.1) is 0 Å². The van der Waals surface area contributed by atoms with Crippen molar-refractivity contribution in [2.45, 2.75) is 58.9 Å². The highest BCUT2D eigenvalue weighted by Crippen LogP contribution is 2.48. The molecule has 3 rings (SSSR count). The van der Waals surface area contributed by atoms with Crippen molar-refractivity contribution in [2.24, 2.45) is 29.2 Å². The van der Waals surface area contributed by atoms with E-state index in [0.29, 0.717) is 24.8 Å². The Labute approximate surface area is 168 Å². The number of allylic oxidation sites excluding steroid dienone is 2. The molecular weight excluding hydrogens is 350 g/mol. The quantitative estimate of drug-likeness (QED) is 0.578. The first-order valence-electron chi connectivity index (χ1n) is 10.3. The van der Waals surface area contributed by atoms with E-state index >= 15 is 0 Å². The average Bonchev–Trinajstić information content (AvgIpc) is 2.59. The van der Waals surface area contributed by atoms with E-state index in [1.807, 2.05) is 6.07 Å². The van der Waals surface area contributed by atoms with Crippen LogP contribution < -0.4 is 16.2 Å². The van der Waals surface area contributed by atoms with Crippen LogP contribution in [0.2, 0.25) is 0 Å². The average molecular weight is 384 g/mol. The third-order valence-electron chi connectivity index (χ3n) is 5.92. The first-order chi connectivity index (χ1) is 13.3. The van der Waals surface area contributed by atoms with Crippen LogP contribution in [0.3, 0.4) is 0 Å². The van der Waals surface area contributed by atoms with E-state index in [2.05, 4.69) is 44.8 Å². The standard InChI is InChI=1S/C23H33N3O2/c1-5-18-17-9-15(4)12-23(18,25)19-6-7-21(26-20(19)11-17)28-22(27)10-16(13-24)8-14(2)3/h5-7,9,14,16-17H,8,10-13,24-25H2,1-4H3/b18-5+/t16-,17?,23?/m0/s1. The molecule has 3 atom stereocenters. The van der Waals surface area contributed by atoms with Gasteiger partial charge in [0.1, 0.15) is 0 Å². The van der Waals surface area contributed by atoms with Gasteiger partial charge < -0.3 is 16.2 Å². The van der Waals surface area contributed by atoms with Gasteiger partial charge in [-0.3, -0.25) is 4.79 Å². The Morgan fingerprint density at radius 3 is 2.82 bits per heavy atom. The molecule has 28 heavy (non-hydrogen) atoms. The van der Waals surface area contributed by atoms with E-state index in [0.717, 1.165) is 30.5 Å². The summed E-state index contributed by atoms with van der Waals surface area (Å²) in [5, 5.41) is 0. The van der Waals surface area contributed by atoms with Crippen molar-refractivity contribution in [3.8, 4) is 5.88 Å². The maximum Gasteiger partial charge on any atom is 0.312 e. The van der Waals surface area contributed by atoms with Gasteiger partial charge in [0, 0.05) is 18.4 Å². The minimum Gasteiger partial charge on any atom is -0.407 e. The molecule has 0 amide bonds. The summed E-state index contributed by atoms with van der Waals surface area (Å²) in [5.74, 6) is 0.993. The Bertz CT molecular complexity index is 812. The Morgan fingerprint density at radius 1 is 1.43 bits per heavy atom. The molecule has 0 fully saturated rings. The summed E-state index contributed by atoms with van der Waals surface area (Å²) in [7, 11) is 0. The van der Waals surface area contributed by atoms with Crippen LogP contribution in [0.5, 0.6) is 5.88 Å². The van der Waals surface area contributed by atoms with Crippen molar-refractivity contribution in [1.82, 2.24) is 4.98 Å². The lowest BCUT2D eigenvalue weighted by molar-refractivity contribution is -0.135. The van der Waals surface area contributed by atoms with Crippen LogP contribution in [-0.4, -0.2) is 17.5 Å². The lowest BCUT2D eigenvalue weighted by Gasteiger charge is -2.45. The molecule has 0 saturated heterocycles.